The fourth-order valence-electron chi connectivity index (χ4n) is 2.81. The topological polar surface area (TPSA) is 49.4 Å². The Morgan fingerprint density at radius 3 is 2.56 bits per heavy atom. The van der Waals surface area contributed by atoms with E-state index >= 15 is 0 Å². The molecule has 4 nitrogen and oxygen atoms in total. The fourth-order valence-corrected chi connectivity index (χ4v) is 4.99. The van der Waals surface area contributed by atoms with Crippen LogP contribution in [-0.4, -0.2) is 33.8 Å². The van der Waals surface area contributed by atoms with Crippen LogP contribution in [0.1, 0.15) is 6.42 Å². The number of halogens is 1. The molecule has 2 saturated heterocycles. The summed E-state index contributed by atoms with van der Waals surface area (Å²) < 4.78 is 26.0. The molecule has 1 unspecified atom stereocenters. The number of nitrogens with one attached hydrogen (secondary N) is 1. The predicted octanol–water partition coefficient (Wildman–Crippen LogP) is 1.24. The van der Waals surface area contributed by atoms with Gasteiger partial charge in [-0.25, -0.2) is 8.42 Å². The molecular formula is C12H17ClN2O2S. The minimum atomic E-state index is -3.14. The van der Waals surface area contributed by atoms with Crippen molar-refractivity contribution in [1.29, 1.82) is 0 Å². The molecule has 0 radical (unpaired) electrons. The van der Waals surface area contributed by atoms with Crippen LogP contribution in [0.5, 0.6) is 0 Å². The molecular weight excluding hydrogens is 272 g/mol. The van der Waals surface area contributed by atoms with Crippen molar-refractivity contribution in [3.8, 4) is 0 Å². The van der Waals surface area contributed by atoms with E-state index in [0.717, 1.165) is 25.2 Å². The number of para-hydroxylation sites is 1. The standard InChI is InChI=1S/C12H16N2O2S.ClH/c15-17(16)10-12(6-7-13-8-12)9-14(17)11-4-2-1-3-5-11;/h1-5,13H,6-10H2;1H. The molecule has 0 saturated carbocycles. The molecule has 1 aromatic rings. The summed E-state index contributed by atoms with van der Waals surface area (Å²) in [7, 11) is -3.14. The Labute approximate surface area is 114 Å². The van der Waals surface area contributed by atoms with Crippen molar-refractivity contribution in [3.05, 3.63) is 30.3 Å². The molecule has 0 aliphatic carbocycles. The van der Waals surface area contributed by atoms with E-state index in [1.165, 1.54) is 0 Å². The summed E-state index contributed by atoms with van der Waals surface area (Å²) in [5.74, 6) is 0.280. The average Bonchev–Trinajstić information content (AvgIpc) is 2.85. The molecule has 1 aromatic carbocycles. The maximum atomic E-state index is 12.2. The van der Waals surface area contributed by atoms with Crippen molar-refractivity contribution in [2.45, 2.75) is 6.42 Å². The van der Waals surface area contributed by atoms with E-state index < -0.39 is 10.0 Å². The second-order valence-electron chi connectivity index (χ2n) is 5.03. The third-order valence-corrected chi connectivity index (χ3v) is 5.67. The molecule has 2 heterocycles. The van der Waals surface area contributed by atoms with Crippen LogP contribution in [0, 0.1) is 5.41 Å². The smallest absolute Gasteiger partial charge is 0.235 e. The van der Waals surface area contributed by atoms with Crippen LogP contribution in [0.2, 0.25) is 0 Å². The summed E-state index contributed by atoms with van der Waals surface area (Å²) in [6.07, 6.45) is 0.954. The second-order valence-corrected chi connectivity index (χ2v) is 6.92. The van der Waals surface area contributed by atoms with Crippen LogP contribution in [-0.2, 0) is 10.0 Å². The minimum Gasteiger partial charge on any atom is -0.316 e. The summed E-state index contributed by atoms with van der Waals surface area (Å²) in [5.41, 5.74) is 0.713. The Morgan fingerprint density at radius 2 is 1.94 bits per heavy atom. The van der Waals surface area contributed by atoms with Crippen LogP contribution >= 0.6 is 12.4 Å². The van der Waals surface area contributed by atoms with Crippen molar-refractivity contribution in [2.75, 3.05) is 29.7 Å². The number of hydrogen-bond donors (Lipinski definition) is 1. The highest BCUT2D eigenvalue weighted by Gasteiger charge is 2.48. The fraction of sp³-hybridized carbons (Fsp3) is 0.500. The Bertz CT molecular complexity index is 512. The first-order valence-electron chi connectivity index (χ1n) is 5.88. The lowest BCUT2D eigenvalue weighted by Gasteiger charge is -2.21. The van der Waals surface area contributed by atoms with Gasteiger partial charge in [0.25, 0.3) is 0 Å². The molecule has 2 aliphatic rings. The first-order valence-corrected chi connectivity index (χ1v) is 7.49. The van der Waals surface area contributed by atoms with Gasteiger partial charge in [-0.3, -0.25) is 4.31 Å². The molecule has 2 aliphatic heterocycles. The van der Waals surface area contributed by atoms with E-state index in [9.17, 15) is 8.42 Å². The van der Waals surface area contributed by atoms with Gasteiger partial charge in [0.15, 0.2) is 0 Å². The molecule has 18 heavy (non-hydrogen) atoms. The summed E-state index contributed by atoms with van der Waals surface area (Å²) in [5, 5.41) is 3.27. The minimum absolute atomic E-state index is 0. The molecule has 0 amide bonds. The Balaban J connectivity index is 0.00000120. The van der Waals surface area contributed by atoms with Gasteiger partial charge in [-0.05, 0) is 25.1 Å². The normalized spacial score (nSPS) is 29.4. The number of rotatable bonds is 1. The van der Waals surface area contributed by atoms with Gasteiger partial charge in [-0.2, -0.15) is 0 Å². The Morgan fingerprint density at radius 1 is 1.22 bits per heavy atom. The number of nitrogens with zero attached hydrogens (tertiary/aromatic N) is 1. The SMILES string of the molecule is Cl.O=S1(=O)CC2(CCNC2)CN1c1ccccc1. The van der Waals surface area contributed by atoms with Crippen LogP contribution in [0.4, 0.5) is 5.69 Å². The van der Waals surface area contributed by atoms with Gasteiger partial charge in [0, 0.05) is 18.5 Å². The summed E-state index contributed by atoms with van der Waals surface area (Å²) >= 11 is 0. The lowest BCUT2D eigenvalue weighted by Crippen LogP contribution is -2.30. The van der Waals surface area contributed by atoms with Crippen molar-refractivity contribution in [1.82, 2.24) is 5.32 Å². The number of anilines is 1. The third-order valence-electron chi connectivity index (χ3n) is 3.68. The third kappa shape index (κ3) is 2.22. The summed E-state index contributed by atoms with van der Waals surface area (Å²) in [4.78, 5) is 0. The molecule has 0 bridgehead atoms. The van der Waals surface area contributed by atoms with Gasteiger partial charge in [0.1, 0.15) is 0 Å². The van der Waals surface area contributed by atoms with Gasteiger partial charge < -0.3 is 5.32 Å². The number of benzene rings is 1. The maximum absolute atomic E-state index is 12.2. The molecule has 3 rings (SSSR count). The molecule has 1 spiro atoms. The zero-order valence-corrected chi connectivity index (χ0v) is 11.6. The van der Waals surface area contributed by atoms with E-state index in [1.807, 2.05) is 30.3 Å². The van der Waals surface area contributed by atoms with E-state index in [0.29, 0.717) is 6.54 Å². The zero-order valence-electron chi connectivity index (χ0n) is 10.0. The highest BCUT2D eigenvalue weighted by molar-refractivity contribution is 7.93. The van der Waals surface area contributed by atoms with Gasteiger partial charge in [-0.1, -0.05) is 18.2 Å². The lowest BCUT2D eigenvalue weighted by atomic mass is 9.89. The van der Waals surface area contributed by atoms with E-state index in [2.05, 4.69) is 5.32 Å². The Hall–Kier alpha value is -0.780. The molecule has 1 atom stereocenters. The van der Waals surface area contributed by atoms with E-state index in [4.69, 9.17) is 0 Å². The Kier molecular flexibility index (Phi) is 3.58. The van der Waals surface area contributed by atoms with Gasteiger partial charge >= 0.3 is 0 Å². The molecule has 100 valence electrons. The van der Waals surface area contributed by atoms with E-state index in [-0.39, 0.29) is 23.6 Å². The van der Waals surface area contributed by atoms with Crippen LogP contribution in [0.15, 0.2) is 30.3 Å². The van der Waals surface area contributed by atoms with Crippen LogP contribution in [0.25, 0.3) is 0 Å². The zero-order chi connectivity index (χ0) is 11.9. The van der Waals surface area contributed by atoms with Crippen LogP contribution in [0.3, 0.4) is 0 Å². The lowest BCUT2D eigenvalue weighted by molar-refractivity contribution is 0.406. The van der Waals surface area contributed by atoms with Gasteiger partial charge in [-0.15, -0.1) is 12.4 Å². The molecule has 6 heteroatoms. The molecule has 1 N–H and O–H groups in total. The molecule has 2 fully saturated rings. The van der Waals surface area contributed by atoms with Gasteiger partial charge in [0.05, 0.1) is 11.4 Å². The number of hydrogen-bond acceptors (Lipinski definition) is 3. The van der Waals surface area contributed by atoms with Crippen molar-refractivity contribution >= 4 is 28.1 Å². The maximum Gasteiger partial charge on any atom is 0.235 e. The van der Waals surface area contributed by atoms with E-state index in [1.54, 1.807) is 4.31 Å². The highest BCUT2D eigenvalue weighted by atomic mass is 35.5. The summed E-state index contributed by atoms with van der Waals surface area (Å²) in [6, 6.07) is 9.38. The quantitative estimate of drug-likeness (QED) is 0.846. The summed E-state index contributed by atoms with van der Waals surface area (Å²) in [6.45, 7) is 2.36. The highest BCUT2D eigenvalue weighted by Crippen LogP contribution is 2.38. The van der Waals surface area contributed by atoms with Crippen molar-refractivity contribution < 1.29 is 8.42 Å². The largest absolute Gasteiger partial charge is 0.316 e. The van der Waals surface area contributed by atoms with Crippen LogP contribution < -0.4 is 9.62 Å². The second kappa shape index (κ2) is 4.72. The first kappa shape index (κ1) is 13.6. The molecule has 0 aromatic heterocycles. The van der Waals surface area contributed by atoms with Crippen molar-refractivity contribution in [2.24, 2.45) is 5.41 Å². The predicted molar refractivity (Wildman–Crippen MR) is 74.7 cm³/mol. The first-order chi connectivity index (χ1) is 8.11. The van der Waals surface area contributed by atoms with Gasteiger partial charge in [0.2, 0.25) is 10.0 Å². The monoisotopic (exact) mass is 288 g/mol. The number of sulfonamides is 1. The average molecular weight is 289 g/mol. The van der Waals surface area contributed by atoms with Crippen molar-refractivity contribution in [3.63, 3.8) is 0 Å².